The normalized spacial score (nSPS) is 12.3. The smallest absolute Gasteiger partial charge is 0.418 e. The Bertz CT molecular complexity index is 1500. The van der Waals surface area contributed by atoms with E-state index in [-0.39, 0.29) is 22.1 Å². The average Bonchev–Trinajstić information content (AvgIpc) is 2.82. The first-order valence-corrected chi connectivity index (χ1v) is 12.8. The van der Waals surface area contributed by atoms with Crippen LogP contribution >= 0.6 is 0 Å². The van der Waals surface area contributed by atoms with Gasteiger partial charge in [0.25, 0.3) is 0 Å². The van der Waals surface area contributed by atoms with Gasteiger partial charge in [-0.05, 0) is 59.0 Å². The molecular formula is C27H24F3NO3S. The van der Waals surface area contributed by atoms with Crippen LogP contribution in [0.5, 0.6) is 11.5 Å². The van der Waals surface area contributed by atoms with Gasteiger partial charge < -0.3 is 4.74 Å². The topological polar surface area (TPSA) is 56.3 Å². The molecule has 0 aliphatic rings. The minimum atomic E-state index is -4.53. The number of hydrogen-bond acceptors (Lipinski definition) is 4. The summed E-state index contributed by atoms with van der Waals surface area (Å²) in [4.78, 5) is 4.34. The summed E-state index contributed by atoms with van der Waals surface area (Å²) < 4.78 is 71.4. The van der Waals surface area contributed by atoms with Crippen molar-refractivity contribution in [2.45, 2.75) is 37.8 Å². The predicted molar refractivity (Wildman–Crippen MR) is 131 cm³/mol. The molecule has 35 heavy (non-hydrogen) atoms. The summed E-state index contributed by atoms with van der Waals surface area (Å²) in [6.45, 7) is 5.49. The summed E-state index contributed by atoms with van der Waals surface area (Å²) in [5.41, 5.74) is 1.25. The molecule has 0 atom stereocenters. The molecule has 1 heterocycles. The highest BCUT2D eigenvalue weighted by molar-refractivity contribution is 7.91. The van der Waals surface area contributed by atoms with E-state index in [1.807, 2.05) is 19.9 Å². The lowest BCUT2D eigenvalue weighted by atomic mass is 9.90. The molecule has 0 aliphatic carbocycles. The summed E-state index contributed by atoms with van der Waals surface area (Å²) in [6, 6.07) is 17.3. The second-order valence-electron chi connectivity index (χ2n) is 8.45. The van der Waals surface area contributed by atoms with Crippen molar-refractivity contribution in [3.8, 4) is 22.6 Å². The standard InChI is InChI=1S/C27H24F3NO3S/c1-4-35(32,33)21-11-6-10-20(15-21)34-19-9-5-8-18(14-19)25-22-12-7-13-24(27(28,29)30)26(22)31-16-23(25)17(2)3/h5-17H,4H2,1-3H3. The number of nitrogens with zero attached hydrogens (tertiary/aromatic N) is 1. The van der Waals surface area contributed by atoms with E-state index in [0.29, 0.717) is 28.0 Å². The number of rotatable bonds is 6. The van der Waals surface area contributed by atoms with Crippen LogP contribution in [0, 0.1) is 0 Å². The summed E-state index contributed by atoms with van der Waals surface area (Å²) in [6.07, 6.45) is -3.03. The van der Waals surface area contributed by atoms with Crippen molar-refractivity contribution in [1.29, 1.82) is 0 Å². The van der Waals surface area contributed by atoms with Gasteiger partial charge in [0.2, 0.25) is 0 Å². The molecule has 0 unspecified atom stereocenters. The van der Waals surface area contributed by atoms with Gasteiger partial charge in [-0.2, -0.15) is 13.2 Å². The second kappa shape index (κ2) is 9.34. The summed E-state index contributed by atoms with van der Waals surface area (Å²) in [7, 11) is -3.40. The molecule has 0 aliphatic heterocycles. The molecule has 0 N–H and O–H groups in total. The number of ether oxygens (including phenoxy) is 1. The minimum Gasteiger partial charge on any atom is -0.457 e. The third kappa shape index (κ3) is 5.03. The van der Waals surface area contributed by atoms with Gasteiger partial charge >= 0.3 is 6.18 Å². The maximum atomic E-state index is 13.7. The third-order valence-electron chi connectivity index (χ3n) is 5.76. The van der Waals surface area contributed by atoms with E-state index in [1.54, 1.807) is 43.3 Å². The van der Waals surface area contributed by atoms with Crippen LogP contribution in [-0.4, -0.2) is 19.2 Å². The predicted octanol–water partition coefficient (Wildman–Crippen LogP) is 7.63. The van der Waals surface area contributed by atoms with Crippen molar-refractivity contribution in [1.82, 2.24) is 4.98 Å². The molecule has 182 valence electrons. The van der Waals surface area contributed by atoms with Gasteiger partial charge in [0.15, 0.2) is 9.84 Å². The lowest BCUT2D eigenvalue weighted by Gasteiger charge is -2.18. The number of para-hydroxylation sites is 1. The van der Waals surface area contributed by atoms with E-state index < -0.39 is 21.6 Å². The van der Waals surface area contributed by atoms with Crippen LogP contribution < -0.4 is 4.74 Å². The summed E-state index contributed by atoms with van der Waals surface area (Å²) in [5, 5.41) is 0.402. The summed E-state index contributed by atoms with van der Waals surface area (Å²) >= 11 is 0. The van der Waals surface area contributed by atoms with Crippen LogP contribution in [-0.2, 0) is 16.0 Å². The first kappa shape index (κ1) is 24.7. The van der Waals surface area contributed by atoms with E-state index in [2.05, 4.69) is 4.98 Å². The summed E-state index contributed by atoms with van der Waals surface area (Å²) in [5.74, 6) is 0.760. The van der Waals surface area contributed by atoms with Crippen LogP contribution in [0.2, 0.25) is 0 Å². The van der Waals surface area contributed by atoms with Crippen molar-refractivity contribution in [3.63, 3.8) is 0 Å². The molecule has 0 radical (unpaired) electrons. The van der Waals surface area contributed by atoms with E-state index in [1.165, 1.54) is 24.4 Å². The van der Waals surface area contributed by atoms with Gasteiger partial charge in [-0.15, -0.1) is 0 Å². The van der Waals surface area contributed by atoms with Crippen LogP contribution in [0.25, 0.3) is 22.0 Å². The molecular weight excluding hydrogens is 475 g/mol. The quantitative estimate of drug-likeness (QED) is 0.274. The highest BCUT2D eigenvalue weighted by atomic mass is 32.2. The van der Waals surface area contributed by atoms with Crippen molar-refractivity contribution in [2.24, 2.45) is 0 Å². The minimum absolute atomic E-state index is 0.0111. The van der Waals surface area contributed by atoms with E-state index in [4.69, 9.17) is 4.74 Å². The average molecular weight is 500 g/mol. The van der Waals surface area contributed by atoms with Crippen LogP contribution in [0.4, 0.5) is 13.2 Å². The maximum absolute atomic E-state index is 13.7. The molecule has 4 nitrogen and oxygen atoms in total. The zero-order chi connectivity index (χ0) is 25.4. The maximum Gasteiger partial charge on any atom is 0.418 e. The van der Waals surface area contributed by atoms with Crippen molar-refractivity contribution in [3.05, 3.63) is 84.1 Å². The van der Waals surface area contributed by atoms with Crippen molar-refractivity contribution < 1.29 is 26.3 Å². The molecule has 0 bridgehead atoms. The van der Waals surface area contributed by atoms with Crippen molar-refractivity contribution in [2.75, 3.05) is 5.75 Å². The molecule has 4 aromatic rings. The Morgan fingerprint density at radius 3 is 2.26 bits per heavy atom. The first-order chi connectivity index (χ1) is 16.5. The molecule has 0 saturated heterocycles. The zero-order valence-electron chi connectivity index (χ0n) is 19.4. The Morgan fingerprint density at radius 2 is 1.60 bits per heavy atom. The van der Waals surface area contributed by atoms with Gasteiger partial charge in [-0.25, -0.2) is 8.42 Å². The first-order valence-electron chi connectivity index (χ1n) is 11.1. The molecule has 0 amide bonds. The van der Waals surface area contributed by atoms with Crippen LogP contribution in [0.15, 0.2) is 77.8 Å². The Labute approximate surface area is 202 Å². The number of fused-ring (bicyclic) bond motifs is 1. The fourth-order valence-corrected chi connectivity index (χ4v) is 4.89. The number of alkyl halides is 3. The van der Waals surface area contributed by atoms with Gasteiger partial charge in [0, 0.05) is 11.6 Å². The fraction of sp³-hybridized carbons (Fsp3) is 0.222. The highest BCUT2D eigenvalue weighted by Crippen LogP contribution is 2.41. The third-order valence-corrected chi connectivity index (χ3v) is 7.49. The lowest BCUT2D eigenvalue weighted by molar-refractivity contribution is -0.136. The highest BCUT2D eigenvalue weighted by Gasteiger charge is 2.33. The Kier molecular flexibility index (Phi) is 6.60. The number of hydrogen-bond donors (Lipinski definition) is 0. The molecule has 4 rings (SSSR count). The number of pyridine rings is 1. The fourth-order valence-electron chi connectivity index (χ4n) is 3.98. The van der Waals surface area contributed by atoms with Crippen molar-refractivity contribution >= 4 is 20.7 Å². The van der Waals surface area contributed by atoms with Crippen LogP contribution in [0.1, 0.15) is 37.8 Å². The SMILES string of the molecule is CCS(=O)(=O)c1cccc(Oc2cccc(-c3c(C(C)C)cnc4c(C(F)(F)F)cccc34)c2)c1. The van der Waals surface area contributed by atoms with E-state index in [9.17, 15) is 21.6 Å². The van der Waals surface area contributed by atoms with Gasteiger partial charge in [-0.1, -0.05) is 51.1 Å². The lowest BCUT2D eigenvalue weighted by Crippen LogP contribution is -2.07. The Hall–Kier alpha value is -3.39. The number of halogens is 3. The monoisotopic (exact) mass is 499 g/mol. The van der Waals surface area contributed by atoms with Gasteiger partial charge in [-0.3, -0.25) is 4.98 Å². The second-order valence-corrected chi connectivity index (χ2v) is 10.7. The Balaban J connectivity index is 1.84. The molecule has 0 spiro atoms. The number of aromatic nitrogens is 1. The number of benzene rings is 3. The van der Waals surface area contributed by atoms with Gasteiger partial charge in [0.05, 0.1) is 21.7 Å². The molecule has 1 aromatic heterocycles. The molecule has 8 heteroatoms. The van der Waals surface area contributed by atoms with E-state index in [0.717, 1.165) is 11.6 Å². The largest absolute Gasteiger partial charge is 0.457 e. The van der Waals surface area contributed by atoms with Crippen LogP contribution in [0.3, 0.4) is 0 Å². The Morgan fingerprint density at radius 1 is 0.943 bits per heavy atom. The number of sulfone groups is 1. The van der Waals surface area contributed by atoms with E-state index >= 15 is 0 Å². The molecule has 0 fully saturated rings. The van der Waals surface area contributed by atoms with Gasteiger partial charge in [0.1, 0.15) is 11.5 Å². The molecule has 0 saturated carbocycles. The zero-order valence-corrected chi connectivity index (χ0v) is 20.2. The molecule has 3 aromatic carbocycles.